The largest absolute Gasteiger partial charge is 0.444 e. The monoisotopic (exact) mass is 1140 g/mol. The van der Waals surface area contributed by atoms with E-state index in [4.69, 9.17) is 35.2 Å². The fraction of sp³-hybridized carbons (Fsp3) is 0.722. The van der Waals surface area contributed by atoms with Crippen LogP contribution in [-0.2, 0) is 56.9 Å². The molecule has 19 heteroatoms. The standard InChI is InChI=1S/C16H26N4O.C16H31NO3.C13H25NO4.C7H7N3.CH3Cl.CH3.Pd/c1-2-3-4-5-6-13(10-21)18-9-12-7-8-14-15(12)19-11-20-16(14)17;1-7-8-9-10-11-13-12-19-16(5,6)17(13)14(18)20-15(2,3)4;1-12(2,3)18-11(15)14-10(7-8-16-6)9-17-13(14,4)5;8-7-5-2-1-3-6(5)9-4-10-7;1-2;;/h7,11,13,18,21H,2-6,8-10H2,1H3,(H2,17,19,20);13H,7-12H2,1-6H3;10H,7-9H2,1-6H3;1,3-4H,2H2,(H2,8,9,10);1H3;1H3;/q;;;;;-1;/t13-;;;;;;/m0....../s1. The van der Waals surface area contributed by atoms with Gasteiger partial charge in [0.25, 0.3) is 0 Å². The molecule has 0 aromatic carbocycles. The number of methoxy groups -OCH3 is 1. The molecule has 6 N–H and O–H groups in total. The van der Waals surface area contributed by atoms with Gasteiger partial charge < -0.3 is 53.0 Å². The number of nitrogens with one attached hydrogen (secondary N) is 1. The zero-order valence-electron chi connectivity index (χ0n) is 47.2. The van der Waals surface area contributed by atoms with Crippen molar-refractivity contribution in [1.82, 2.24) is 35.1 Å². The Morgan fingerprint density at radius 2 is 1.30 bits per heavy atom. The van der Waals surface area contributed by atoms with E-state index in [1.165, 1.54) is 57.6 Å². The maximum Gasteiger partial charge on any atom is 0.412 e. The molecule has 2 aliphatic heterocycles. The zero-order chi connectivity index (χ0) is 53.4. The second-order valence-electron chi connectivity index (χ2n) is 21.0. The molecule has 2 unspecified atom stereocenters. The molecule has 0 spiro atoms. The fourth-order valence-corrected chi connectivity index (χ4v) is 8.41. The quantitative estimate of drug-likeness (QED) is 0.0501. The number of ether oxygens (including phenoxy) is 5. The Morgan fingerprint density at radius 3 is 1.79 bits per heavy atom. The predicted octanol–water partition coefficient (Wildman–Crippen LogP) is 10.6. The van der Waals surface area contributed by atoms with Crippen molar-refractivity contribution in [1.29, 1.82) is 0 Å². The van der Waals surface area contributed by atoms with Gasteiger partial charge in [0.2, 0.25) is 0 Å². The van der Waals surface area contributed by atoms with Gasteiger partial charge in [0.1, 0.15) is 46.9 Å². The average molecular weight is 1140 g/mol. The molecule has 2 aromatic rings. The molecule has 73 heavy (non-hydrogen) atoms. The van der Waals surface area contributed by atoms with Gasteiger partial charge >= 0.3 is 12.2 Å². The number of carbonyl (C=O) groups is 2. The van der Waals surface area contributed by atoms with Crippen molar-refractivity contribution in [3.8, 4) is 0 Å². The molecule has 0 saturated carbocycles. The summed E-state index contributed by atoms with van der Waals surface area (Å²) in [6.07, 6.45) is 24.2. The SMILES string of the molecule is CCCCCCC1COC(C)(C)N1C(=O)OC(C)(C)C.CCCCCC[C@@H](CO)NCC1=CCc2c(N)ncnc21.CCl.COCCC1COC(C)(C)N1C(=O)OC(C)(C)C.Nc1ncnc2c1CC=C2.[CH3-].[Pd]. The molecule has 2 amide bonds. The molecule has 2 aliphatic carbocycles. The number of hydrogen-bond donors (Lipinski definition) is 4. The number of nitrogens with zero attached hydrogens (tertiary/aromatic N) is 6. The molecule has 0 bridgehead atoms. The van der Waals surface area contributed by atoms with E-state index >= 15 is 0 Å². The zero-order valence-corrected chi connectivity index (χ0v) is 49.5. The number of nitrogen functional groups attached to an aromatic ring is 2. The normalized spacial score (nSPS) is 18.0. The van der Waals surface area contributed by atoms with Gasteiger partial charge in [-0.05, 0) is 113 Å². The van der Waals surface area contributed by atoms with Crippen LogP contribution < -0.4 is 16.8 Å². The number of fused-ring (bicyclic) bond motifs is 2. The topological polar surface area (TPSA) is 223 Å². The van der Waals surface area contributed by atoms with Crippen LogP contribution in [0.3, 0.4) is 0 Å². The second-order valence-corrected chi connectivity index (χ2v) is 21.0. The van der Waals surface area contributed by atoms with Crippen molar-refractivity contribution in [2.75, 3.05) is 57.9 Å². The van der Waals surface area contributed by atoms with Gasteiger partial charge in [-0.1, -0.05) is 77.4 Å². The summed E-state index contributed by atoms with van der Waals surface area (Å²) in [5, 5.41) is 12.9. The van der Waals surface area contributed by atoms with E-state index in [1.807, 2.05) is 81.4 Å². The molecule has 3 atom stereocenters. The number of hydrogen-bond acceptors (Lipinski definition) is 15. The minimum Gasteiger partial charge on any atom is -0.444 e. The number of aliphatic hydroxyl groups excluding tert-OH is 1. The van der Waals surface area contributed by atoms with Crippen LogP contribution in [-0.4, -0.2) is 134 Å². The molecular weight excluding hydrogens is 1040 g/mol. The van der Waals surface area contributed by atoms with Crippen LogP contribution in [0.5, 0.6) is 0 Å². The van der Waals surface area contributed by atoms with E-state index in [-0.39, 0.29) is 64.8 Å². The van der Waals surface area contributed by atoms with E-state index < -0.39 is 22.7 Å². The number of amides is 2. The van der Waals surface area contributed by atoms with Gasteiger partial charge in [-0.2, -0.15) is 0 Å². The maximum atomic E-state index is 12.4. The maximum absolute atomic E-state index is 12.4. The van der Waals surface area contributed by atoms with Crippen LogP contribution >= 0.6 is 11.6 Å². The third-order valence-electron chi connectivity index (χ3n) is 12.0. The predicted molar refractivity (Wildman–Crippen MR) is 292 cm³/mol. The molecule has 2 saturated heterocycles. The van der Waals surface area contributed by atoms with Gasteiger partial charge in [0.05, 0.1) is 43.3 Å². The van der Waals surface area contributed by atoms with Crippen molar-refractivity contribution < 1.29 is 58.8 Å². The number of alkyl halides is 1. The Labute approximate surface area is 458 Å². The number of unbranched alkanes of at least 4 members (excludes halogenated alkanes) is 6. The van der Waals surface area contributed by atoms with Crippen LogP contribution in [0.15, 0.2) is 24.8 Å². The molecule has 17 nitrogen and oxygen atoms in total. The molecule has 6 rings (SSSR count). The minimum absolute atomic E-state index is 0. The Hall–Kier alpha value is -3.47. The number of anilines is 2. The van der Waals surface area contributed by atoms with Gasteiger partial charge in [-0.15, -0.1) is 11.6 Å². The van der Waals surface area contributed by atoms with Gasteiger partial charge in [-0.25, -0.2) is 29.5 Å². The van der Waals surface area contributed by atoms with E-state index in [0.717, 1.165) is 79.6 Å². The summed E-state index contributed by atoms with van der Waals surface area (Å²) in [6, 6.07) is 0.303. The number of allylic oxidation sites excluding steroid dienone is 2. The van der Waals surface area contributed by atoms with E-state index in [1.54, 1.807) is 16.9 Å². The summed E-state index contributed by atoms with van der Waals surface area (Å²) in [4.78, 5) is 44.4. The van der Waals surface area contributed by atoms with Gasteiger partial charge in [0, 0.05) is 64.2 Å². The number of nitrogens with two attached hydrogens (primary N) is 2. The molecule has 4 heterocycles. The minimum atomic E-state index is -0.624. The van der Waals surface area contributed by atoms with Crippen LogP contribution in [0.2, 0.25) is 0 Å². The van der Waals surface area contributed by atoms with Crippen LogP contribution in [0.25, 0.3) is 11.6 Å². The number of carbonyl (C=O) groups excluding carboxylic acids is 2. The fourth-order valence-electron chi connectivity index (χ4n) is 8.41. The third-order valence-corrected chi connectivity index (χ3v) is 12.0. The van der Waals surface area contributed by atoms with E-state index in [9.17, 15) is 14.7 Å². The molecular formula is C54H95ClN9O8Pd-. The smallest absolute Gasteiger partial charge is 0.412 e. The first-order valence-corrected chi connectivity index (χ1v) is 26.3. The summed E-state index contributed by atoms with van der Waals surface area (Å²) in [5.41, 5.74) is 14.4. The molecule has 2 fully saturated rings. The number of rotatable bonds is 17. The third kappa shape index (κ3) is 24.0. The number of halogens is 1. The Bertz CT molecular complexity index is 1960. The number of aliphatic hydroxyl groups is 1. The summed E-state index contributed by atoms with van der Waals surface area (Å²) < 4.78 is 27.5. The summed E-state index contributed by atoms with van der Waals surface area (Å²) >= 11 is 4.64. The van der Waals surface area contributed by atoms with Crippen molar-refractivity contribution in [2.45, 2.75) is 207 Å². The molecule has 2 aromatic heterocycles. The van der Waals surface area contributed by atoms with Gasteiger partial charge in [-0.3, -0.25) is 9.80 Å². The number of aromatic nitrogens is 4. The first kappa shape index (κ1) is 69.5. The first-order valence-electron chi connectivity index (χ1n) is 25.6. The van der Waals surface area contributed by atoms with Crippen molar-refractivity contribution in [3.05, 3.63) is 54.7 Å². The van der Waals surface area contributed by atoms with Gasteiger partial charge in [0.15, 0.2) is 0 Å². The first-order chi connectivity index (χ1) is 33.5. The van der Waals surface area contributed by atoms with Crippen molar-refractivity contribution in [3.63, 3.8) is 0 Å². The Balaban J connectivity index is 0.000000948. The average Bonchev–Trinajstić information content (AvgIpc) is 4.09. The van der Waals surface area contributed by atoms with E-state index in [2.05, 4.69) is 56.8 Å². The summed E-state index contributed by atoms with van der Waals surface area (Å²) in [7, 11) is 1.65. The molecule has 0 radical (unpaired) electrons. The van der Waals surface area contributed by atoms with E-state index in [0.29, 0.717) is 31.5 Å². The summed E-state index contributed by atoms with van der Waals surface area (Å²) in [6.45, 7) is 25.9. The van der Waals surface area contributed by atoms with Crippen LogP contribution in [0, 0.1) is 7.43 Å². The van der Waals surface area contributed by atoms with Crippen molar-refractivity contribution >= 4 is 47.1 Å². The Kier molecular flexibility index (Phi) is 32.6. The molecule has 422 valence electrons. The van der Waals surface area contributed by atoms with Crippen LogP contribution in [0.4, 0.5) is 21.2 Å². The molecule has 4 aliphatic rings. The van der Waals surface area contributed by atoms with Crippen molar-refractivity contribution in [2.24, 2.45) is 0 Å². The second kappa shape index (κ2) is 34.2. The summed E-state index contributed by atoms with van der Waals surface area (Å²) in [5.74, 6) is 1.18. The van der Waals surface area contributed by atoms with Crippen LogP contribution in [0.1, 0.15) is 176 Å². The Morgan fingerprint density at radius 1 is 0.795 bits per heavy atom.